The van der Waals surface area contributed by atoms with Gasteiger partial charge in [0.15, 0.2) is 8.45 Å². The van der Waals surface area contributed by atoms with Crippen LogP contribution in [0.25, 0.3) is 0 Å². The van der Waals surface area contributed by atoms with E-state index in [9.17, 15) is 0 Å². The Morgan fingerprint density at radius 1 is 0.933 bits per heavy atom. The molecule has 1 saturated heterocycles. The molecular weight excluding hydrogens is 207 g/mol. The van der Waals surface area contributed by atoms with E-state index in [4.69, 9.17) is 4.52 Å². The first-order valence-corrected chi connectivity index (χ1v) is 7.11. The van der Waals surface area contributed by atoms with E-state index in [0.29, 0.717) is 12.1 Å². The zero-order valence-corrected chi connectivity index (χ0v) is 11.6. The van der Waals surface area contributed by atoms with E-state index in [1.807, 2.05) is 7.11 Å². The van der Waals surface area contributed by atoms with Gasteiger partial charge in [0, 0.05) is 32.3 Å². The fourth-order valence-corrected chi connectivity index (χ4v) is 4.12. The third-order valence-corrected chi connectivity index (χ3v) is 5.35. The summed E-state index contributed by atoms with van der Waals surface area (Å²) in [5.41, 5.74) is 0. The highest BCUT2D eigenvalue weighted by Gasteiger charge is 2.31. The molecule has 1 aliphatic heterocycles. The highest BCUT2D eigenvalue weighted by atomic mass is 31.2. The quantitative estimate of drug-likeness (QED) is 0.695. The van der Waals surface area contributed by atoms with Crippen molar-refractivity contribution in [3.05, 3.63) is 0 Å². The molecule has 1 rings (SSSR count). The van der Waals surface area contributed by atoms with Gasteiger partial charge in [-0.15, -0.1) is 0 Å². The highest BCUT2D eigenvalue weighted by molar-refractivity contribution is 7.47. The maximum absolute atomic E-state index is 5.74. The predicted octanol–water partition coefficient (Wildman–Crippen LogP) is 3.07. The molecule has 1 heterocycles. The zero-order chi connectivity index (χ0) is 11.4. The maximum atomic E-state index is 5.74. The summed E-state index contributed by atoms with van der Waals surface area (Å²) in [7, 11) is 1.31. The lowest BCUT2D eigenvalue weighted by Crippen LogP contribution is -2.35. The van der Waals surface area contributed by atoms with Crippen molar-refractivity contribution in [2.45, 2.75) is 52.6 Å². The average molecular weight is 232 g/mol. The molecule has 1 aliphatic rings. The first kappa shape index (κ1) is 13.4. The number of hydrogen-bond acceptors (Lipinski definition) is 3. The van der Waals surface area contributed by atoms with Crippen LogP contribution < -0.4 is 0 Å². The predicted molar refractivity (Wildman–Crippen MR) is 66.8 cm³/mol. The van der Waals surface area contributed by atoms with Gasteiger partial charge in [-0.3, -0.25) is 0 Å². The van der Waals surface area contributed by atoms with E-state index in [1.54, 1.807) is 0 Å². The molecule has 0 radical (unpaired) electrons. The van der Waals surface area contributed by atoms with Crippen LogP contribution in [0.5, 0.6) is 0 Å². The molecule has 0 aromatic heterocycles. The lowest BCUT2D eigenvalue weighted by Gasteiger charge is -2.39. The highest BCUT2D eigenvalue weighted by Crippen LogP contribution is 2.48. The Labute approximate surface area is 95.7 Å². The van der Waals surface area contributed by atoms with E-state index in [-0.39, 0.29) is 0 Å². The van der Waals surface area contributed by atoms with Crippen LogP contribution in [0, 0.1) is 0 Å². The molecule has 0 amide bonds. The van der Waals surface area contributed by atoms with Crippen LogP contribution in [0.2, 0.25) is 0 Å². The second kappa shape index (κ2) is 6.15. The summed E-state index contributed by atoms with van der Waals surface area (Å²) in [5, 5.41) is 0. The Hall–Kier alpha value is 0.310. The first-order chi connectivity index (χ1) is 7.07. The van der Waals surface area contributed by atoms with Gasteiger partial charge in [0.25, 0.3) is 0 Å². The zero-order valence-electron chi connectivity index (χ0n) is 10.7. The van der Waals surface area contributed by atoms with Crippen molar-refractivity contribution < 1.29 is 4.52 Å². The monoisotopic (exact) mass is 232 g/mol. The molecule has 90 valence electrons. The molecule has 0 saturated carbocycles. The standard InChI is InChI=1S/C11H25N2OP/c1-10(2)12-8-6-7-9-13(11(3)4)15(12)14-5/h10-11H,6-9H2,1-5H3. The summed E-state index contributed by atoms with van der Waals surface area (Å²) in [6.45, 7) is 11.4. The van der Waals surface area contributed by atoms with Crippen LogP contribution >= 0.6 is 8.45 Å². The van der Waals surface area contributed by atoms with Crippen molar-refractivity contribution in [1.29, 1.82) is 0 Å². The number of hydrogen-bond donors (Lipinski definition) is 0. The molecule has 0 unspecified atom stereocenters. The van der Waals surface area contributed by atoms with Gasteiger partial charge in [0.05, 0.1) is 0 Å². The second-order valence-electron chi connectivity index (χ2n) is 4.66. The molecule has 0 aliphatic carbocycles. The first-order valence-electron chi connectivity index (χ1n) is 5.95. The van der Waals surface area contributed by atoms with Gasteiger partial charge < -0.3 is 4.52 Å². The van der Waals surface area contributed by atoms with Crippen molar-refractivity contribution in [3.63, 3.8) is 0 Å². The van der Waals surface area contributed by atoms with Crippen LogP contribution in [-0.4, -0.2) is 41.6 Å². The minimum Gasteiger partial charge on any atom is -0.335 e. The Kier molecular flexibility index (Phi) is 5.48. The molecule has 0 spiro atoms. The van der Waals surface area contributed by atoms with Gasteiger partial charge in [-0.1, -0.05) is 0 Å². The van der Waals surface area contributed by atoms with E-state index in [1.165, 1.54) is 25.9 Å². The molecule has 15 heavy (non-hydrogen) atoms. The summed E-state index contributed by atoms with van der Waals surface area (Å²) in [6.07, 6.45) is 2.59. The Balaban J connectivity index is 2.78. The van der Waals surface area contributed by atoms with Crippen molar-refractivity contribution in [2.75, 3.05) is 20.2 Å². The van der Waals surface area contributed by atoms with Gasteiger partial charge in [0.1, 0.15) is 0 Å². The largest absolute Gasteiger partial charge is 0.335 e. The van der Waals surface area contributed by atoms with Crippen molar-refractivity contribution in [3.8, 4) is 0 Å². The van der Waals surface area contributed by atoms with E-state index >= 15 is 0 Å². The van der Waals surface area contributed by atoms with Crippen LogP contribution in [0.4, 0.5) is 0 Å². The van der Waals surface area contributed by atoms with Crippen LogP contribution in [0.15, 0.2) is 0 Å². The molecule has 3 nitrogen and oxygen atoms in total. The summed E-state index contributed by atoms with van der Waals surface area (Å²) >= 11 is 0. The smallest absolute Gasteiger partial charge is 0.188 e. The Bertz CT molecular complexity index is 169. The molecule has 1 fully saturated rings. The number of rotatable bonds is 3. The molecule has 0 bridgehead atoms. The molecule has 0 N–H and O–H groups in total. The fraction of sp³-hybridized carbons (Fsp3) is 1.00. The Morgan fingerprint density at radius 2 is 1.33 bits per heavy atom. The third-order valence-electron chi connectivity index (χ3n) is 2.82. The minimum atomic E-state index is -0.535. The van der Waals surface area contributed by atoms with Gasteiger partial charge in [-0.2, -0.15) is 0 Å². The van der Waals surface area contributed by atoms with Crippen molar-refractivity contribution in [1.82, 2.24) is 9.34 Å². The fourth-order valence-electron chi connectivity index (χ4n) is 1.99. The summed E-state index contributed by atoms with van der Waals surface area (Å²) in [5.74, 6) is 0. The van der Waals surface area contributed by atoms with Crippen molar-refractivity contribution >= 4 is 8.45 Å². The molecule has 0 atom stereocenters. The molecule has 4 heteroatoms. The SMILES string of the molecule is COP1N(C(C)C)CCCCN1C(C)C. The van der Waals surface area contributed by atoms with Crippen LogP contribution in [0.3, 0.4) is 0 Å². The molecule has 0 aromatic rings. The average Bonchev–Trinajstić information content (AvgIpc) is 2.38. The van der Waals surface area contributed by atoms with E-state index in [2.05, 4.69) is 37.0 Å². The van der Waals surface area contributed by atoms with Gasteiger partial charge in [0.2, 0.25) is 0 Å². The summed E-state index contributed by atoms with van der Waals surface area (Å²) in [4.78, 5) is 0. The Morgan fingerprint density at radius 3 is 1.60 bits per heavy atom. The van der Waals surface area contributed by atoms with Gasteiger partial charge in [-0.05, 0) is 40.5 Å². The molecule has 0 aromatic carbocycles. The van der Waals surface area contributed by atoms with Crippen molar-refractivity contribution in [2.24, 2.45) is 0 Å². The third kappa shape index (κ3) is 3.39. The molecular formula is C11H25N2OP. The van der Waals surface area contributed by atoms with Crippen LogP contribution in [0.1, 0.15) is 40.5 Å². The normalized spacial score (nSPS) is 22.6. The van der Waals surface area contributed by atoms with E-state index < -0.39 is 8.45 Å². The second-order valence-corrected chi connectivity index (χ2v) is 6.55. The topological polar surface area (TPSA) is 15.7 Å². The summed E-state index contributed by atoms with van der Waals surface area (Å²) < 4.78 is 10.8. The van der Waals surface area contributed by atoms with Gasteiger partial charge >= 0.3 is 0 Å². The van der Waals surface area contributed by atoms with Gasteiger partial charge in [-0.25, -0.2) is 9.34 Å². The lowest BCUT2D eigenvalue weighted by molar-refractivity contribution is 0.270. The van der Waals surface area contributed by atoms with E-state index in [0.717, 1.165) is 0 Å². The maximum Gasteiger partial charge on any atom is 0.188 e. The van der Waals surface area contributed by atoms with Crippen LogP contribution in [-0.2, 0) is 4.52 Å². The summed E-state index contributed by atoms with van der Waals surface area (Å²) in [6, 6.07) is 1.16. The minimum absolute atomic E-state index is 0.535. The lowest BCUT2D eigenvalue weighted by atomic mass is 10.2. The number of nitrogens with zero attached hydrogens (tertiary/aromatic N) is 2.